The molecule has 1 aromatic heterocycles. The predicted octanol–water partition coefficient (Wildman–Crippen LogP) is 3.24. The Morgan fingerprint density at radius 1 is 1.20 bits per heavy atom. The van der Waals surface area contributed by atoms with Gasteiger partial charge in [-0.3, -0.25) is 0 Å². The Labute approximate surface area is 120 Å². The average molecular weight is 317 g/mol. The first-order valence-electron chi connectivity index (χ1n) is 5.92. The van der Waals surface area contributed by atoms with E-state index in [0.29, 0.717) is 6.07 Å². The SMILES string of the molecule is CCN(Cc1cccs1)S(=O)(=O)c1cc(F)cc(F)c1. The summed E-state index contributed by atoms with van der Waals surface area (Å²) < 4.78 is 52.3. The van der Waals surface area contributed by atoms with Crippen molar-refractivity contribution >= 4 is 21.4 Å². The highest BCUT2D eigenvalue weighted by Gasteiger charge is 2.24. The molecule has 20 heavy (non-hydrogen) atoms. The minimum Gasteiger partial charge on any atom is -0.207 e. The summed E-state index contributed by atoms with van der Waals surface area (Å²) >= 11 is 1.43. The molecule has 0 fully saturated rings. The Morgan fingerprint density at radius 3 is 2.35 bits per heavy atom. The third kappa shape index (κ3) is 3.23. The molecule has 0 spiro atoms. The number of thiophene rings is 1. The summed E-state index contributed by atoms with van der Waals surface area (Å²) in [5.41, 5.74) is 0. The molecule has 0 saturated heterocycles. The maximum Gasteiger partial charge on any atom is 0.243 e. The molecule has 0 bridgehead atoms. The molecular weight excluding hydrogens is 304 g/mol. The van der Waals surface area contributed by atoms with Gasteiger partial charge in [0.15, 0.2) is 0 Å². The highest BCUT2D eigenvalue weighted by molar-refractivity contribution is 7.89. The lowest BCUT2D eigenvalue weighted by atomic mass is 10.3. The lowest BCUT2D eigenvalue weighted by Gasteiger charge is -2.19. The lowest BCUT2D eigenvalue weighted by molar-refractivity contribution is 0.425. The maximum atomic E-state index is 13.2. The van der Waals surface area contributed by atoms with Gasteiger partial charge in [-0.2, -0.15) is 4.31 Å². The second-order valence-corrected chi connectivity index (χ2v) is 7.09. The van der Waals surface area contributed by atoms with E-state index in [1.807, 2.05) is 17.5 Å². The first-order chi connectivity index (χ1) is 9.43. The van der Waals surface area contributed by atoms with Crippen molar-refractivity contribution in [3.8, 4) is 0 Å². The molecule has 3 nitrogen and oxygen atoms in total. The van der Waals surface area contributed by atoms with Crippen molar-refractivity contribution in [2.75, 3.05) is 6.54 Å². The van der Waals surface area contributed by atoms with E-state index in [9.17, 15) is 17.2 Å². The van der Waals surface area contributed by atoms with Crippen molar-refractivity contribution in [2.45, 2.75) is 18.4 Å². The van der Waals surface area contributed by atoms with Crippen LogP contribution in [0.5, 0.6) is 0 Å². The standard InChI is InChI=1S/C13H13F2NO2S2/c1-2-16(9-12-4-3-5-19-12)20(17,18)13-7-10(14)6-11(15)8-13/h3-8H,2,9H2,1H3. The minimum absolute atomic E-state index is 0.189. The third-order valence-corrected chi connectivity index (χ3v) is 5.50. The van der Waals surface area contributed by atoms with Gasteiger partial charge in [0, 0.05) is 24.0 Å². The number of halogens is 2. The molecule has 7 heteroatoms. The molecule has 2 aromatic rings. The van der Waals surface area contributed by atoms with Gasteiger partial charge in [-0.15, -0.1) is 11.3 Å². The van der Waals surface area contributed by atoms with Gasteiger partial charge < -0.3 is 0 Å². The Morgan fingerprint density at radius 2 is 1.85 bits per heavy atom. The highest BCUT2D eigenvalue weighted by atomic mass is 32.2. The van der Waals surface area contributed by atoms with Crippen LogP contribution in [0.15, 0.2) is 40.6 Å². The molecule has 2 rings (SSSR count). The normalized spacial score (nSPS) is 12.0. The first-order valence-corrected chi connectivity index (χ1v) is 8.24. The van der Waals surface area contributed by atoms with Crippen molar-refractivity contribution in [3.05, 3.63) is 52.2 Å². The zero-order chi connectivity index (χ0) is 14.8. The summed E-state index contributed by atoms with van der Waals surface area (Å²) in [6.07, 6.45) is 0. The first kappa shape index (κ1) is 15.1. The highest BCUT2D eigenvalue weighted by Crippen LogP contribution is 2.21. The maximum absolute atomic E-state index is 13.2. The van der Waals surface area contributed by atoms with Crippen molar-refractivity contribution in [2.24, 2.45) is 0 Å². The van der Waals surface area contributed by atoms with Crippen LogP contribution in [0.4, 0.5) is 8.78 Å². The van der Waals surface area contributed by atoms with Crippen LogP contribution in [-0.2, 0) is 16.6 Å². The van der Waals surface area contributed by atoms with Gasteiger partial charge in [-0.1, -0.05) is 13.0 Å². The Kier molecular flexibility index (Phi) is 4.52. The topological polar surface area (TPSA) is 37.4 Å². The lowest BCUT2D eigenvalue weighted by Crippen LogP contribution is -2.30. The van der Waals surface area contributed by atoms with Crippen LogP contribution in [-0.4, -0.2) is 19.3 Å². The fourth-order valence-corrected chi connectivity index (χ4v) is 4.04. The molecule has 0 atom stereocenters. The third-order valence-electron chi connectivity index (χ3n) is 2.74. The van der Waals surface area contributed by atoms with Gasteiger partial charge >= 0.3 is 0 Å². The van der Waals surface area contributed by atoms with Crippen molar-refractivity contribution in [1.29, 1.82) is 0 Å². The summed E-state index contributed by atoms with van der Waals surface area (Å²) in [5.74, 6) is -1.81. The van der Waals surface area contributed by atoms with E-state index >= 15 is 0 Å². The van der Waals surface area contributed by atoms with Crippen LogP contribution < -0.4 is 0 Å². The van der Waals surface area contributed by atoms with Crippen LogP contribution in [0.2, 0.25) is 0 Å². The fraction of sp³-hybridized carbons (Fsp3) is 0.231. The summed E-state index contributed by atoms with van der Waals surface area (Å²) in [4.78, 5) is 0.501. The smallest absolute Gasteiger partial charge is 0.207 e. The Balaban J connectivity index is 2.36. The molecule has 0 N–H and O–H groups in total. The van der Waals surface area contributed by atoms with Crippen LogP contribution in [0.3, 0.4) is 0 Å². The number of benzene rings is 1. The van der Waals surface area contributed by atoms with Crippen molar-refractivity contribution in [1.82, 2.24) is 4.31 Å². The van der Waals surface area contributed by atoms with E-state index in [1.165, 1.54) is 15.6 Å². The van der Waals surface area contributed by atoms with Crippen molar-refractivity contribution < 1.29 is 17.2 Å². The minimum atomic E-state index is -3.91. The molecule has 0 aliphatic carbocycles. The van der Waals surface area contributed by atoms with E-state index in [-0.39, 0.29) is 18.0 Å². The largest absolute Gasteiger partial charge is 0.243 e. The van der Waals surface area contributed by atoms with E-state index in [0.717, 1.165) is 17.0 Å². The number of hydrogen-bond acceptors (Lipinski definition) is 3. The summed E-state index contributed by atoms with van der Waals surface area (Å²) in [5, 5.41) is 1.84. The van der Waals surface area contributed by atoms with Gasteiger partial charge in [0.1, 0.15) is 11.6 Å². The molecule has 0 amide bonds. The number of hydrogen-bond donors (Lipinski definition) is 0. The van der Waals surface area contributed by atoms with Gasteiger partial charge in [0.2, 0.25) is 10.0 Å². The molecule has 1 aromatic carbocycles. The average Bonchev–Trinajstić information content (AvgIpc) is 2.87. The molecule has 0 radical (unpaired) electrons. The Hall–Kier alpha value is -1.31. The number of rotatable bonds is 5. The van der Waals surface area contributed by atoms with E-state index in [1.54, 1.807) is 6.92 Å². The molecular formula is C13H13F2NO2S2. The zero-order valence-corrected chi connectivity index (χ0v) is 12.3. The van der Waals surface area contributed by atoms with Gasteiger partial charge in [0.25, 0.3) is 0 Å². The number of sulfonamides is 1. The molecule has 0 saturated carbocycles. The van der Waals surface area contributed by atoms with E-state index in [4.69, 9.17) is 0 Å². The van der Waals surface area contributed by atoms with Crippen LogP contribution in [0, 0.1) is 11.6 Å². The summed E-state index contributed by atoms with van der Waals surface area (Å²) in [7, 11) is -3.91. The summed E-state index contributed by atoms with van der Waals surface area (Å²) in [6.45, 7) is 2.09. The summed E-state index contributed by atoms with van der Waals surface area (Å²) in [6, 6.07) is 5.94. The monoisotopic (exact) mass is 317 g/mol. The second-order valence-electron chi connectivity index (χ2n) is 4.12. The van der Waals surface area contributed by atoms with Gasteiger partial charge in [-0.25, -0.2) is 17.2 Å². The van der Waals surface area contributed by atoms with Crippen LogP contribution >= 0.6 is 11.3 Å². The molecule has 108 valence electrons. The van der Waals surface area contributed by atoms with Crippen LogP contribution in [0.25, 0.3) is 0 Å². The zero-order valence-electron chi connectivity index (χ0n) is 10.7. The van der Waals surface area contributed by atoms with Gasteiger partial charge in [0.05, 0.1) is 4.90 Å². The molecule has 0 aliphatic heterocycles. The molecule has 0 aliphatic rings. The van der Waals surface area contributed by atoms with E-state index in [2.05, 4.69) is 0 Å². The molecule has 1 heterocycles. The van der Waals surface area contributed by atoms with Crippen molar-refractivity contribution in [3.63, 3.8) is 0 Å². The van der Waals surface area contributed by atoms with Gasteiger partial charge in [-0.05, 0) is 23.6 Å². The Bertz CT molecular complexity index is 664. The van der Waals surface area contributed by atoms with Crippen LogP contribution in [0.1, 0.15) is 11.8 Å². The quantitative estimate of drug-likeness (QED) is 0.849. The second kappa shape index (κ2) is 5.99. The fourth-order valence-electron chi connectivity index (χ4n) is 1.77. The predicted molar refractivity (Wildman–Crippen MR) is 73.9 cm³/mol. The molecule has 0 unspecified atom stereocenters. The van der Waals surface area contributed by atoms with E-state index < -0.39 is 21.7 Å². The number of nitrogens with zero attached hydrogens (tertiary/aromatic N) is 1.